The lowest BCUT2D eigenvalue weighted by molar-refractivity contribution is 0.0367. The molecule has 1 heterocycles. The number of aryl methyl sites for hydroxylation is 2. The molecule has 5 nitrogen and oxygen atoms in total. The predicted molar refractivity (Wildman–Crippen MR) is 81.5 cm³/mol. The van der Waals surface area contributed by atoms with Gasteiger partial charge in [0.1, 0.15) is 22.2 Å². The zero-order valence-electron chi connectivity index (χ0n) is 12.3. The second-order valence-corrected chi connectivity index (χ2v) is 5.57. The zero-order chi connectivity index (χ0) is 15.2. The van der Waals surface area contributed by atoms with E-state index in [1.807, 2.05) is 31.2 Å². The van der Waals surface area contributed by atoms with E-state index in [2.05, 4.69) is 10.5 Å². The molecule has 1 N–H and O–H groups in total. The molecule has 0 unspecified atom stereocenters. The van der Waals surface area contributed by atoms with E-state index in [9.17, 15) is 4.79 Å². The summed E-state index contributed by atoms with van der Waals surface area (Å²) in [5.41, 5.74) is 4.24. The van der Waals surface area contributed by atoms with Crippen molar-refractivity contribution in [3.05, 3.63) is 45.4 Å². The van der Waals surface area contributed by atoms with Crippen LogP contribution in [-0.2, 0) is 11.4 Å². The van der Waals surface area contributed by atoms with Crippen LogP contribution in [0.3, 0.4) is 0 Å². The van der Waals surface area contributed by atoms with Crippen LogP contribution in [0.15, 0.2) is 24.3 Å². The van der Waals surface area contributed by atoms with Gasteiger partial charge in [0.25, 0.3) is 5.91 Å². The fraction of sp³-hybridized carbons (Fsp3) is 0.333. The van der Waals surface area contributed by atoms with Gasteiger partial charge in [0.15, 0.2) is 0 Å². The maximum atomic E-state index is 11.8. The van der Waals surface area contributed by atoms with Gasteiger partial charge in [-0.1, -0.05) is 17.7 Å². The van der Waals surface area contributed by atoms with Gasteiger partial charge >= 0.3 is 0 Å². The van der Waals surface area contributed by atoms with E-state index in [-0.39, 0.29) is 5.91 Å². The Bertz CT molecular complexity index is 608. The maximum Gasteiger partial charge on any atom is 0.286 e. The third-order valence-corrected chi connectivity index (χ3v) is 3.87. The van der Waals surface area contributed by atoms with Crippen LogP contribution >= 0.6 is 11.3 Å². The van der Waals surface area contributed by atoms with Crippen molar-refractivity contribution in [3.8, 4) is 5.75 Å². The van der Waals surface area contributed by atoms with E-state index < -0.39 is 0 Å². The standard InChI is InChI=1S/C15H18N2O3S/c1-4-20-17-15(18)14-11(3)16-13(21-14)9-19-12-7-5-10(2)6-8-12/h5-8H,4,9H2,1-3H3,(H,17,18). The number of nitrogens with zero attached hydrogens (tertiary/aromatic N) is 1. The van der Waals surface area contributed by atoms with Crippen LogP contribution < -0.4 is 10.2 Å². The van der Waals surface area contributed by atoms with Crippen LogP contribution in [0.1, 0.15) is 32.9 Å². The molecule has 0 bridgehead atoms. The molecular formula is C15H18N2O3S. The summed E-state index contributed by atoms with van der Waals surface area (Å²) in [6, 6.07) is 7.81. The number of thiazole rings is 1. The van der Waals surface area contributed by atoms with Crippen molar-refractivity contribution in [2.24, 2.45) is 0 Å². The Kier molecular flexibility index (Phi) is 5.30. The lowest BCUT2D eigenvalue weighted by Crippen LogP contribution is -2.23. The number of hydroxylamine groups is 1. The van der Waals surface area contributed by atoms with Crippen LogP contribution in [0.5, 0.6) is 5.75 Å². The number of nitrogens with one attached hydrogen (secondary N) is 1. The molecule has 2 aromatic rings. The molecule has 1 aromatic carbocycles. The highest BCUT2D eigenvalue weighted by atomic mass is 32.1. The van der Waals surface area contributed by atoms with Gasteiger partial charge in [-0.2, -0.15) is 0 Å². The molecule has 112 valence electrons. The first-order valence-electron chi connectivity index (χ1n) is 6.68. The summed E-state index contributed by atoms with van der Waals surface area (Å²) in [5.74, 6) is 0.516. The Morgan fingerprint density at radius 2 is 2.00 bits per heavy atom. The molecular weight excluding hydrogens is 288 g/mol. The maximum absolute atomic E-state index is 11.8. The zero-order valence-corrected chi connectivity index (χ0v) is 13.1. The SMILES string of the molecule is CCONC(=O)c1sc(COc2ccc(C)cc2)nc1C. The van der Waals surface area contributed by atoms with E-state index in [4.69, 9.17) is 9.57 Å². The Morgan fingerprint density at radius 1 is 1.29 bits per heavy atom. The van der Waals surface area contributed by atoms with Crippen LogP contribution in [0.4, 0.5) is 0 Å². The second-order valence-electron chi connectivity index (χ2n) is 4.49. The summed E-state index contributed by atoms with van der Waals surface area (Å²) in [6.45, 7) is 6.40. The summed E-state index contributed by atoms with van der Waals surface area (Å²) in [7, 11) is 0. The molecule has 0 fully saturated rings. The number of ether oxygens (including phenoxy) is 1. The highest BCUT2D eigenvalue weighted by molar-refractivity contribution is 7.13. The number of rotatable bonds is 6. The van der Waals surface area contributed by atoms with Crippen LogP contribution in [0, 0.1) is 13.8 Å². The van der Waals surface area contributed by atoms with E-state index in [0.29, 0.717) is 23.8 Å². The van der Waals surface area contributed by atoms with Gasteiger partial charge in [-0.15, -0.1) is 11.3 Å². The van der Waals surface area contributed by atoms with Crippen molar-refractivity contribution in [1.82, 2.24) is 10.5 Å². The monoisotopic (exact) mass is 306 g/mol. The quantitative estimate of drug-likeness (QED) is 0.833. The smallest absolute Gasteiger partial charge is 0.286 e. The minimum Gasteiger partial charge on any atom is -0.486 e. The van der Waals surface area contributed by atoms with Crippen molar-refractivity contribution >= 4 is 17.2 Å². The molecule has 1 amide bonds. The predicted octanol–water partition coefficient (Wildman–Crippen LogP) is 3.02. The van der Waals surface area contributed by atoms with Crippen molar-refractivity contribution in [2.45, 2.75) is 27.4 Å². The van der Waals surface area contributed by atoms with E-state index in [1.54, 1.807) is 13.8 Å². The lowest BCUT2D eigenvalue weighted by Gasteiger charge is -2.03. The minimum absolute atomic E-state index is 0.270. The third-order valence-electron chi connectivity index (χ3n) is 2.74. The number of hydrogen-bond acceptors (Lipinski definition) is 5. The molecule has 0 saturated carbocycles. The molecule has 6 heteroatoms. The number of carbonyl (C=O) groups excluding carboxylic acids is 1. The average molecular weight is 306 g/mol. The first-order valence-corrected chi connectivity index (χ1v) is 7.49. The van der Waals surface area contributed by atoms with Gasteiger partial charge in [-0.25, -0.2) is 10.5 Å². The van der Waals surface area contributed by atoms with Gasteiger partial charge in [-0.3, -0.25) is 9.63 Å². The summed E-state index contributed by atoms with van der Waals surface area (Å²) in [5, 5.41) is 0.759. The van der Waals surface area contributed by atoms with E-state index in [1.165, 1.54) is 16.9 Å². The van der Waals surface area contributed by atoms with E-state index in [0.717, 1.165) is 10.8 Å². The number of hydrogen-bond donors (Lipinski definition) is 1. The molecule has 0 aliphatic heterocycles. The van der Waals surface area contributed by atoms with Gasteiger partial charge < -0.3 is 4.74 Å². The summed E-state index contributed by atoms with van der Waals surface area (Å²) < 4.78 is 5.66. The molecule has 0 aliphatic carbocycles. The van der Waals surface area contributed by atoms with Crippen molar-refractivity contribution < 1.29 is 14.4 Å². The number of carbonyl (C=O) groups is 1. The van der Waals surface area contributed by atoms with Gasteiger partial charge in [0, 0.05) is 0 Å². The van der Waals surface area contributed by atoms with Crippen molar-refractivity contribution in [3.63, 3.8) is 0 Å². The van der Waals surface area contributed by atoms with Crippen molar-refractivity contribution in [1.29, 1.82) is 0 Å². The Morgan fingerprint density at radius 3 is 2.67 bits per heavy atom. The first kappa shape index (κ1) is 15.5. The largest absolute Gasteiger partial charge is 0.486 e. The Hall–Kier alpha value is -1.92. The Labute approximate surface area is 127 Å². The highest BCUT2D eigenvalue weighted by Crippen LogP contribution is 2.20. The molecule has 0 radical (unpaired) electrons. The van der Waals surface area contributed by atoms with Crippen molar-refractivity contribution in [2.75, 3.05) is 6.61 Å². The topological polar surface area (TPSA) is 60.5 Å². The minimum atomic E-state index is -0.270. The van der Waals surface area contributed by atoms with Gasteiger partial charge in [0.05, 0.1) is 12.3 Å². The van der Waals surface area contributed by atoms with Crippen LogP contribution in [0.2, 0.25) is 0 Å². The third kappa shape index (κ3) is 4.27. The lowest BCUT2D eigenvalue weighted by atomic mass is 10.2. The van der Waals surface area contributed by atoms with Crippen LogP contribution in [-0.4, -0.2) is 17.5 Å². The van der Waals surface area contributed by atoms with E-state index >= 15 is 0 Å². The molecule has 21 heavy (non-hydrogen) atoms. The fourth-order valence-corrected chi connectivity index (χ4v) is 2.55. The fourth-order valence-electron chi connectivity index (χ4n) is 1.69. The number of benzene rings is 1. The first-order chi connectivity index (χ1) is 10.1. The molecule has 0 spiro atoms. The highest BCUT2D eigenvalue weighted by Gasteiger charge is 2.15. The number of amides is 1. The normalized spacial score (nSPS) is 10.4. The van der Waals surface area contributed by atoms with Gasteiger partial charge in [-0.05, 0) is 32.9 Å². The summed E-state index contributed by atoms with van der Waals surface area (Å²) in [6.07, 6.45) is 0. The van der Waals surface area contributed by atoms with Crippen LogP contribution in [0.25, 0.3) is 0 Å². The molecule has 1 aromatic heterocycles. The number of aromatic nitrogens is 1. The molecule has 0 atom stereocenters. The Balaban J connectivity index is 1.98. The average Bonchev–Trinajstić information content (AvgIpc) is 2.85. The summed E-state index contributed by atoms with van der Waals surface area (Å²) in [4.78, 5) is 21.6. The van der Waals surface area contributed by atoms with Gasteiger partial charge in [0.2, 0.25) is 0 Å². The molecule has 0 aliphatic rings. The second kappa shape index (κ2) is 7.19. The molecule has 2 rings (SSSR count). The molecule has 0 saturated heterocycles. The summed E-state index contributed by atoms with van der Waals surface area (Å²) >= 11 is 1.31.